The van der Waals surface area contributed by atoms with Crippen LogP contribution in [0.5, 0.6) is 5.88 Å². The number of nitrogens with zero attached hydrogens (tertiary/aromatic N) is 1. The van der Waals surface area contributed by atoms with Gasteiger partial charge in [0.2, 0.25) is 5.88 Å². The van der Waals surface area contributed by atoms with E-state index >= 15 is 0 Å². The first-order valence-corrected chi connectivity index (χ1v) is 9.63. The first kappa shape index (κ1) is 16.7. The van der Waals surface area contributed by atoms with Crippen molar-refractivity contribution in [3.05, 3.63) is 48.2 Å². The number of nitrogens with one attached hydrogen (secondary N) is 1. The molecule has 2 heterocycles. The Labute approximate surface area is 141 Å². The Morgan fingerprint density at radius 2 is 2.08 bits per heavy atom. The van der Waals surface area contributed by atoms with Crippen molar-refractivity contribution in [2.24, 2.45) is 0 Å². The van der Waals surface area contributed by atoms with Crippen LogP contribution in [0.25, 0.3) is 0 Å². The molecule has 1 aromatic carbocycles. The molecule has 0 aliphatic carbocycles. The fourth-order valence-electron chi connectivity index (χ4n) is 2.43. The van der Waals surface area contributed by atoms with E-state index in [9.17, 15) is 8.42 Å². The summed E-state index contributed by atoms with van der Waals surface area (Å²) < 4.78 is 34.0. The van der Waals surface area contributed by atoms with Crippen molar-refractivity contribution >= 4 is 15.5 Å². The van der Waals surface area contributed by atoms with Gasteiger partial charge in [0.05, 0.1) is 18.1 Å². The standard InChI is InChI=1S/C17H20N2O4S/c1-24(20,21)16-4-2-14(3-5-16)19-11-13-6-8-18-17(10-13)23-15-7-9-22-12-15/h2-6,8,10,15,19H,7,9,11-12H2,1H3. The molecule has 6 nitrogen and oxygen atoms in total. The molecule has 1 saturated heterocycles. The molecule has 24 heavy (non-hydrogen) atoms. The number of ether oxygens (including phenoxy) is 2. The van der Waals surface area contributed by atoms with Gasteiger partial charge in [-0.05, 0) is 35.9 Å². The minimum Gasteiger partial charge on any atom is -0.472 e. The van der Waals surface area contributed by atoms with E-state index in [4.69, 9.17) is 9.47 Å². The average molecular weight is 348 g/mol. The lowest BCUT2D eigenvalue weighted by Crippen LogP contribution is -2.16. The molecule has 0 saturated carbocycles. The van der Waals surface area contributed by atoms with Crippen LogP contribution in [-0.4, -0.2) is 39.0 Å². The van der Waals surface area contributed by atoms with Crippen LogP contribution in [-0.2, 0) is 21.1 Å². The highest BCUT2D eigenvalue weighted by molar-refractivity contribution is 7.90. The molecule has 0 bridgehead atoms. The van der Waals surface area contributed by atoms with E-state index in [1.165, 1.54) is 6.26 Å². The predicted octanol–water partition coefficient (Wildman–Crippen LogP) is 2.26. The number of benzene rings is 1. The molecule has 128 valence electrons. The van der Waals surface area contributed by atoms with Gasteiger partial charge >= 0.3 is 0 Å². The van der Waals surface area contributed by atoms with Crippen LogP contribution in [0, 0.1) is 0 Å². The Balaban J connectivity index is 1.60. The molecule has 1 aromatic heterocycles. The molecular weight excluding hydrogens is 328 g/mol. The highest BCUT2D eigenvalue weighted by atomic mass is 32.2. The lowest BCUT2D eigenvalue weighted by Gasteiger charge is -2.12. The average Bonchev–Trinajstić information content (AvgIpc) is 3.06. The van der Waals surface area contributed by atoms with E-state index in [2.05, 4.69) is 10.3 Å². The van der Waals surface area contributed by atoms with Gasteiger partial charge in [-0.15, -0.1) is 0 Å². The molecule has 0 amide bonds. The van der Waals surface area contributed by atoms with Crippen molar-refractivity contribution in [3.63, 3.8) is 0 Å². The Morgan fingerprint density at radius 1 is 1.29 bits per heavy atom. The monoisotopic (exact) mass is 348 g/mol. The van der Waals surface area contributed by atoms with Crippen LogP contribution < -0.4 is 10.1 Å². The molecule has 7 heteroatoms. The maximum atomic E-state index is 11.5. The third-order valence-corrected chi connectivity index (χ3v) is 4.88. The summed E-state index contributed by atoms with van der Waals surface area (Å²) in [7, 11) is -3.17. The minimum absolute atomic E-state index is 0.0734. The topological polar surface area (TPSA) is 77.5 Å². The maximum Gasteiger partial charge on any atom is 0.213 e. The van der Waals surface area contributed by atoms with Crippen molar-refractivity contribution in [3.8, 4) is 5.88 Å². The molecule has 1 aliphatic heterocycles. The summed E-state index contributed by atoms with van der Waals surface area (Å²) in [5.74, 6) is 0.595. The smallest absolute Gasteiger partial charge is 0.213 e. The fourth-order valence-corrected chi connectivity index (χ4v) is 3.06. The zero-order valence-corrected chi connectivity index (χ0v) is 14.3. The second kappa shape index (κ2) is 7.19. The van der Waals surface area contributed by atoms with Gasteiger partial charge < -0.3 is 14.8 Å². The van der Waals surface area contributed by atoms with Crippen LogP contribution >= 0.6 is 0 Å². The second-order valence-electron chi connectivity index (χ2n) is 5.76. The van der Waals surface area contributed by atoms with Gasteiger partial charge in [0.1, 0.15) is 6.10 Å². The molecule has 1 fully saturated rings. The molecule has 1 atom stereocenters. The molecule has 1 N–H and O–H groups in total. The minimum atomic E-state index is -3.17. The van der Waals surface area contributed by atoms with Crippen LogP contribution in [0.15, 0.2) is 47.5 Å². The van der Waals surface area contributed by atoms with Crippen LogP contribution in [0.2, 0.25) is 0 Å². The zero-order valence-electron chi connectivity index (χ0n) is 13.4. The Morgan fingerprint density at radius 3 is 2.75 bits per heavy atom. The van der Waals surface area contributed by atoms with Crippen LogP contribution in [0.1, 0.15) is 12.0 Å². The number of pyridine rings is 1. The first-order chi connectivity index (χ1) is 11.5. The number of aromatic nitrogens is 1. The summed E-state index contributed by atoms with van der Waals surface area (Å²) in [6, 6.07) is 10.5. The first-order valence-electron chi connectivity index (χ1n) is 7.74. The third kappa shape index (κ3) is 4.46. The van der Waals surface area contributed by atoms with Crippen molar-refractivity contribution < 1.29 is 17.9 Å². The molecule has 2 aromatic rings. The van der Waals surface area contributed by atoms with Crippen LogP contribution in [0.4, 0.5) is 5.69 Å². The van der Waals surface area contributed by atoms with Gasteiger partial charge in [0.25, 0.3) is 0 Å². The Kier molecular flexibility index (Phi) is 5.01. The number of hydrogen-bond acceptors (Lipinski definition) is 6. The predicted molar refractivity (Wildman–Crippen MR) is 91.0 cm³/mol. The Bertz CT molecular complexity index is 784. The summed E-state index contributed by atoms with van der Waals surface area (Å²) in [5.41, 5.74) is 1.89. The van der Waals surface area contributed by atoms with Gasteiger partial charge in [-0.25, -0.2) is 13.4 Å². The molecule has 0 radical (unpaired) electrons. The molecule has 3 rings (SSSR count). The van der Waals surface area contributed by atoms with E-state index in [0.717, 1.165) is 24.3 Å². The lowest BCUT2D eigenvalue weighted by molar-refractivity contribution is 0.138. The summed E-state index contributed by atoms with van der Waals surface area (Å²) >= 11 is 0. The summed E-state index contributed by atoms with van der Waals surface area (Å²) in [6.07, 6.45) is 3.87. The molecule has 1 unspecified atom stereocenters. The third-order valence-electron chi connectivity index (χ3n) is 3.75. The largest absolute Gasteiger partial charge is 0.472 e. The van der Waals surface area contributed by atoms with Crippen molar-refractivity contribution in [2.75, 3.05) is 24.8 Å². The molecule has 0 spiro atoms. The van der Waals surface area contributed by atoms with Gasteiger partial charge in [-0.1, -0.05) is 0 Å². The number of hydrogen-bond donors (Lipinski definition) is 1. The van der Waals surface area contributed by atoms with Crippen LogP contribution in [0.3, 0.4) is 0 Å². The fraction of sp³-hybridized carbons (Fsp3) is 0.353. The van der Waals surface area contributed by atoms with Gasteiger partial charge in [0, 0.05) is 37.2 Å². The number of rotatable bonds is 6. The van der Waals surface area contributed by atoms with E-state index < -0.39 is 9.84 Å². The maximum absolute atomic E-state index is 11.5. The van der Waals surface area contributed by atoms with Crippen molar-refractivity contribution in [1.82, 2.24) is 4.98 Å². The lowest BCUT2D eigenvalue weighted by atomic mass is 10.2. The highest BCUT2D eigenvalue weighted by Crippen LogP contribution is 2.18. The number of anilines is 1. The van der Waals surface area contributed by atoms with Gasteiger partial charge in [-0.2, -0.15) is 0 Å². The second-order valence-corrected chi connectivity index (χ2v) is 7.77. The van der Waals surface area contributed by atoms with Gasteiger partial charge in [0.15, 0.2) is 9.84 Å². The highest BCUT2D eigenvalue weighted by Gasteiger charge is 2.17. The Hall–Kier alpha value is -2.12. The SMILES string of the molecule is CS(=O)(=O)c1ccc(NCc2ccnc(OC3CCOC3)c2)cc1. The van der Waals surface area contributed by atoms with Gasteiger partial charge in [-0.3, -0.25) is 0 Å². The zero-order chi connectivity index (χ0) is 17.0. The van der Waals surface area contributed by atoms with Crippen molar-refractivity contribution in [2.45, 2.75) is 24.0 Å². The molecule has 1 aliphatic rings. The summed E-state index contributed by atoms with van der Waals surface area (Å²) in [4.78, 5) is 4.54. The quantitative estimate of drug-likeness (QED) is 0.863. The van der Waals surface area contributed by atoms with E-state index in [1.54, 1.807) is 30.5 Å². The summed E-state index contributed by atoms with van der Waals surface area (Å²) in [6.45, 7) is 1.94. The normalized spacial score (nSPS) is 17.6. The van der Waals surface area contributed by atoms with E-state index in [1.807, 2.05) is 12.1 Å². The van der Waals surface area contributed by atoms with E-state index in [-0.39, 0.29) is 6.10 Å². The van der Waals surface area contributed by atoms with E-state index in [0.29, 0.717) is 23.9 Å². The summed E-state index contributed by atoms with van der Waals surface area (Å²) in [5, 5.41) is 3.26. The number of sulfone groups is 1. The molecular formula is C17H20N2O4S. The van der Waals surface area contributed by atoms with Crippen molar-refractivity contribution in [1.29, 1.82) is 0 Å².